The van der Waals surface area contributed by atoms with Crippen molar-refractivity contribution < 1.29 is 8.78 Å². The van der Waals surface area contributed by atoms with Crippen LogP contribution in [-0.4, -0.2) is 12.0 Å². The number of likely N-dealkylation sites (N-methyl/N-ethyl adjacent to an activating group) is 1. The molecule has 1 atom stereocenters. The van der Waals surface area contributed by atoms with E-state index in [9.17, 15) is 8.78 Å². The fourth-order valence-corrected chi connectivity index (χ4v) is 2.14. The van der Waals surface area contributed by atoms with Crippen LogP contribution in [0.4, 0.5) is 8.78 Å². The van der Waals surface area contributed by atoms with Crippen molar-refractivity contribution in [1.29, 1.82) is 0 Å². The van der Waals surface area contributed by atoms with Gasteiger partial charge in [0.15, 0.2) is 0 Å². The number of nitrogens with one attached hydrogen (secondary N) is 1. The quantitative estimate of drug-likeness (QED) is 0.915. The van der Waals surface area contributed by atoms with Gasteiger partial charge >= 0.3 is 0 Å². The molecule has 0 aliphatic carbocycles. The standard InChI is InChI=1S/C15H16F2N2/c1-10-7-12(16)4-3-11(10)8-15(18-2)13-5-6-19-9-14(13)17/h3-7,9,15,18H,8H2,1-2H3. The summed E-state index contributed by atoms with van der Waals surface area (Å²) in [5.74, 6) is -0.584. The first-order valence-corrected chi connectivity index (χ1v) is 6.13. The summed E-state index contributed by atoms with van der Waals surface area (Å²) in [5.41, 5.74) is 2.44. The van der Waals surface area contributed by atoms with E-state index in [-0.39, 0.29) is 17.7 Å². The molecule has 0 aliphatic rings. The lowest BCUT2D eigenvalue weighted by Crippen LogP contribution is -2.20. The molecular formula is C15H16F2N2. The van der Waals surface area contributed by atoms with E-state index in [0.29, 0.717) is 12.0 Å². The highest BCUT2D eigenvalue weighted by Crippen LogP contribution is 2.22. The van der Waals surface area contributed by atoms with Crippen molar-refractivity contribution >= 4 is 0 Å². The zero-order valence-electron chi connectivity index (χ0n) is 11.0. The number of hydrogen-bond acceptors (Lipinski definition) is 2. The average molecular weight is 262 g/mol. The number of hydrogen-bond donors (Lipinski definition) is 1. The van der Waals surface area contributed by atoms with Crippen LogP contribution in [0.1, 0.15) is 22.7 Å². The van der Waals surface area contributed by atoms with Crippen LogP contribution in [-0.2, 0) is 6.42 Å². The van der Waals surface area contributed by atoms with Gasteiger partial charge in [-0.3, -0.25) is 4.98 Å². The van der Waals surface area contributed by atoms with E-state index in [2.05, 4.69) is 10.3 Å². The third-order valence-electron chi connectivity index (χ3n) is 3.26. The number of benzene rings is 1. The number of rotatable bonds is 4. The number of aromatic nitrogens is 1. The normalized spacial score (nSPS) is 12.4. The van der Waals surface area contributed by atoms with Gasteiger partial charge in [0.05, 0.1) is 6.20 Å². The third-order valence-corrected chi connectivity index (χ3v) is 3.26. The first-order chi connectivity index (χ1) is 9.11. The maximum Gasteiger partial charge on any atom is 0.146 e. The van der Waals surface area contributed by atoms with E-state index in [0.717, 1.165) is 11.1 Å². The van der Waals surface area contributed by atoms with Crippen LogP contribution in [0, 0.1) is 18.6 Å². The minimum atomic E-state index is -0.332. The zero-order chi connectivity index (χ0) is 13.8. The Kier molecular flexibility index (Phi) is 4.22. The van der Waals surface area contributed by atoms with Crippen molar-refractivity contribution in [3.8, 4) is 0 Å². The Balaban J connectivity index is 2.27. The molecule has 2 aromatic rings. The van der Waals surface area contributed by atoms with Crippen LogP contribution < -0.4 is 5.32 Å². The SMILES string of the molecule is CNC(Cc1ccc(F)cc1C)c1ccncc1F. The largest absolute Gasteiger partial charge is 0.313 e. The Hall–Kier alpha value is -1.81. The number of nitrogens with zero attached hydrogens (tertiary/aromatic N) is 1. The Morgan fingerprint density at radius 1 is 1.26 bits per heavy atom. The van der Waals surface area contributed by atoms with Gasteiger partial charge in [0.1, 0.15) is 11.6 Å². The highest BCUT2D eigenvalue weighted by atomic mass is 19.1. The van der Waals surface area contributed by atoms with Crippen molar-refractivity contribution in [3.63, 3.8) is 0 Å². The lowest BCUT2D eigenvalue weighted by molar-refractivity contribution is 0.529. The molecule has 2 nitrogen and oxygen atoms in total. The third kappa shape index (κ3) is 3.15. The van der Waals surface area contributed by atoms with Crippen molar-refractivity contribution in [1.82, 2.24) is 10.3 Å². The predicted octanol–water partition coefficient (Wildman–Crippen LogP) is 3.17. The monoisotopic (exact) mass is 262 g/mol. The second kappa shape index (κ2) is 5.89. The minimum absolute atomic E-state index is 0.160. The van der Waals surface area contributed by atoms with Gasteiger partial charge in [-0.25, -0.2) is 8.78 Å². The van der Waals surface area contributed by atoms with Crippen molar-refractivity contribution in [3.05, 3.63) is 65.0 Å². The summed E-state index contributed by atoms with van der Waals surface area (Å²) in [6.07, 6.45) is 3.38. The molecular weight excluding hydrogens is 246 g/mol. The van der Waals surface area contributed by atoms with Crippen molar-refractivity contribution in [2.45, 2.75) is 19.4 Å². The van der Waals surface area contributed by atoms with E-state index in [1.807, 2.05) is 6.92 Å². The summed E-state index contributed by atoms with van der Waals surface area (Å²) < 4.78 is 26.8. The Morgan fingerprint density at radius 3 is 2.68 bits per heavy atom. The lowest BCUT2D eigenvalue weighted by atomic mass is 9.96. The Labute approximate surface area is 111 Å². The number of pyridine rings is 1. The second-order valence-corrected chi connectivity index (χ2v) is 4.51. The fourth-order valence-electron chi connectivity index (χ4n) is 2.14. The van der Waals surface area contributed by atoms with Crippen molar-refractivity contribution in [2.24, 2.45) is 0 Å². The summed E-state index contributed by atoms with van der Waals surface area (Å²) >= 11 is 0. The highest BCUT2D eigenvalue weighted by molar-refractivity contribution is 5.29. The van der Waals surface area contributed by atoms with E-state index in [4.69, 9.17) is 0 Å². The Morgan fingerprint density at radius 2 is 2.05 bits per heavy atom. The van der Waals surface area contributed by atoms with E-state index >= 15 is 0 Å². The van der Waals surface area contributed by atoms with Gasteiger partial charge in [-0.15, -0.1) is 0 Å². The molecule has 2 rings (SSSR count). The lowest BCUT2D eigenvalue weighted by Gasteiger charge is -2.18. The highest BCUT2D eigenvalue weighted by Gasteiger charge is 2.15. The van der Waals surface area contributed by atoms with Gasteiger partial charge in [-0.2, -0.15) is 0 Å². The predicted molar refractivity (Wildman–Crippen MR) is 70.8 cm³/mol. The van der Waals surface area contributed by atoms with Crippen LogP contribution in [0.3, 0.4) is 0 Å². The fraction of sp³-hybridized carbons (Fsp3) is 0.267. The van der Waals surface area contributed by atoms with E-state index < -0.39 is 0 Å². The summed E-state index contributed by atoms with van der Waals surface area (Å²) in [6.45, 7) is 1.86. The maximum absolute atomic E-state index is 13.7. The second-order valence-electron chi connectivity index (χ2n) is 4.51. The average Bonchev–Trinajstić information content (AvgIpc) is 2.39. The first kappa shape index (κ1) is 13.6. The van der Waals surface area contributed by atoms with Crippen LogP contribution in [0.15, 0.2) is 36.7 Å². The van der Waals surface area contributed by atoms with Gasteiger partial charge in [0, 0.05) is 17.8 Å². The molecule has 4 heteroatoms. The Bertz CT molecular complexity index is 570. The summed E-state index contributed by atoms with van der Waals surface area (Å²) in [4.78, 5) is 3.75. The molecule has 0 saturated heterocycles. The molecule has 0 radical (unpaired) electrons. The summed E-state index contributed by atoms with van der Waals surface area (Å²) in [6, 6.07) is 6.17. The molecule has 0 spiro atoms. The molecule has 100 valence electrons. The minimum Gasteiger partial charge on any atom is -0.313 e. The zero-order valence-corrected chi connectivity index (χ0v) is 11.0. The molecule has 0 saturated carbocycles. The number of halogens is 2. The smallest absolute Gasteiger partial charge is 0.146 e. The van der Waals surface area contributed by atoms with Gasteiger partial charge in [0.25, 0.3) is 0 Å². The molecule has 0 amide bonds. The molecule has 19 heavy (non-hydrogen) atoms. The van der Waals surface area contributed by atoms with Gasteiger partial charge < -0.3 is 5.32 Å². The van der Waals surface area contributed by atoms with Gasteiger partial charge in [-0.1, -0.05) is 6.07 Å². The van der Waals surface area contributed by atoms with E-state index in [1.54, 1.807) is 25.4 Å². The molecule has 0 aliphatic heterocycles. The van der Waals surface area contributed by atoms with Gasteiger partial charge in [-0.05, 0) is 49.7 Å². The van der Waals surface area contributed by atoms with Crippen LogP contribution >= 0.6 is 0 Å². The maximum atomic E-state index is 13.7. The molecule has 1 N–H and O–H groups in total. The van der Waals surface area contributed by atoms with Gasteiger partial charge in [0.2, 0.25) is 0 Å². The van der Waals surface area contributed by atoms with E-state index in [1.165, 1.54) is 18.3 Å². The molecule has 1 heterocycles. The topological polar surface area (TPSA) is 24.9 Å². The molecule has 1 aromatic heterocycles. The first-order valence-electron chi connectivity index (χ1n) is 6.13. The molecule has 0 bridgehead atoms. The summed E-state index contributed by atoms with van der Waals surface area (Å²) in [7, 11) is 1.78. The molecule has 1 unspecified atom stereocenters. The molecule has 0 fully saturated rings. The van der Waals surface area contributed by atoms with Crippen LogP contribution in [0.2, 0.25) is 0 Å². The van der Waals surface area contributed by atoms with Crippen LogP contribution in [0.5, 0.6) is 0 Å². The summed E-state index contributed by atoms with van der Waals surface area (Å²) in [5, 5.41) is 3.09. The molecule has 1 aromatic carbocycles. The van der Waals surface area contributed by atoms with Crippen molar-refractivity contribution in [2.75, 3.05) is 7.05 Å². The number of aryl methyl sites for hydroxylation is 1. The van der Waals surface area contributed by atoms with Crippen LogP contribution in [0.25, 0.3) is 0 Å².